The minimum Gasteiger partial charge on any atom is -0.497 e. The molecule has 30 heavy (non-hydrogen) atoms. The molecule has 2 heterocycles. The Morgan fingerprint density at radius 2 is 1.77 bits per heavy atom. The second-order valence-corrected chi connectivity index (χ2v) is 10.1. The lowest BCUT2D eigenvalue weighted by molar-refractivity contribution is 0.384. The average Bonchev–Trinajstić information content (AvgIpc) is 3.23. The molecule has 9 heteroatoms. The van der Waals surface area contributed by atoms with Crippen molar-refractivity contribution in [3.8, 4) is 5.75 Å². The van der Waals surface area contributed by atoms with Crippen molar-refractivity contribution in [3.05, 3.63) is 70.2 Å². The lowest BCUT2D eigenvalue weighted by Gasteiger charge is -2.33. The van der Waals surface area contributed by atoms with E-state index in [0.29, 0.717) is 26.2 Å². The van der Waals surface area contributed by atoms with E-state index in [9.17, 15) is 8.42 Å². The van der Waals surface area contributed by atoms with Gasteiger partial charge in [0, 0.05) is 38.0 Å². The van der Waals surface area contributed by atoms with Gasteiger partial charge in [0.1, 0.15) is 10.6 Å². The van der Waals surface area contributed by atoms with Crippen molar-refractivity contribution in [1.82, 2.24) is 9.29 Å². The average molecular weight is 464 g/mol. The molecule has 0 unspecified atom stereocenters. The van der Waals surface area contributed by atoms with Crippen LogP contribution in [-0.4, -0.2) is 51.0 Å². The van der Waals surface area contributed by atoms with Crippen LogP contribution in [-0.2, 0) is 16.4 Å². The van der Waals surface area contributed by atoms with E-state index in [4.69, 9.17) is 21.3 Å². The summed E-state index contributed by atoms with van der Waals surface area (Å²) in [6, 6.07) is 14.5. The van der Waals surface area contributed by atoms with Gasteiger partial charge in [0.2, 0.25) is 10.0 Å². The quantitative estimate of drug-likeness (QED) is 0.554. The largest absolute Gasteiger partial charge is 0.497 e. The summed E-state index contributed by atoms with van der Waals surface area (Å²) in [6.45, 7) is 2.00. The molecule has 1 aliphatic heterocycles. The Labute approximate surface area is 185 Å². The van der Waals surface area contributed by atoms with Gasteiger partial charge in [-0.1, -0.05) is 35.9 Å². The molecule has 6 nitrogen and oxygen atoms in total. The van der Waals surface area contributed by atoms with Crippen LogP contribution in [0.25, 0.3) is 0 Å². The van der Waals surface area contributed by atoms with Gasteiger partial charge in [-0.15, -0.1) is 11.3 Å². The van der Waals surface area contributed by atoms with Crippen LogP contribution < -0.4 is 9.64 Å². The Balaban J connectivity index is 1.39. The summed E-state index contributed by atoms with van der Waals surface area (Å²) in [7, 11) is -1.94. The molecular weight excluding hydrogens is 442 g/mol. The van der Waals surface area contributed by atoms with Gasteiger partial charge >= 0.3 is 0 Å². The first-order valence-corrected chi connectivity index (χ1v) is 12.2. The number of anilines is 1. The van der Waals surface area contributed by atoms with Gasteiger partial charge in [-0.3, -0.25) is 0 Å². The third-order valence-corrected chi connectivity index (χ3v) is 8.40. The number of hydrogen-bond acceptors (Lipinski definition) is 6. The Bertz CT molecular complexity index is 1110. The van der Waals surface area contributed by atoms with Crippen LogP contribution >= 0.6 is 22.9 Å². The molecule has 1 saturated heterocycles. The highest BCUT2D eigenvalue weighted by Gasteiger charge is 2.30. The second-order valence-electron chi connectivity index (χ2n) is 6.97. The monoisotopic (exact) mass is 463 g/mol. The predicted octanol–water partition coefficient (Wildman–Crippen LogP) is 3.91. The van der Waals surface area contributed by atoms with Crippen LogP contribution in [0.4, 0.5) is 5.13 Å². The van der Waals surface area contributed by atoms with E-state index in [2.05, 4.69) is 10.3 Å². The molecule has 1 aromatic heterocycles. The van der Waals surface area contributed by atoms with Gasteiger partial charge in [-0.2, -0.15) is 4.31 Å². The SMILES string of the molecule is COc1ccc(Cc2csc(N3CCN(S(=O)(=O)c4ccccc4Cl)CC3)n2)cc1. The molecule has 1 aliphatic rings. The Hall–Kier alpha value is -2.13. The standard InChI is InChI=1S/C21H22ClN3O3S2/c1-28-18-8-6-16(7-9-18)14-17-15-29-21(23-17)24-10-12-25(13-11-24)30(26,27)20-5-3-2-4-19(20)22/h2-9,15H,10-14H2,1H3. The number of thiazole rings is 1. The number of ether oxygens (including phenoxy) is 1. The molecule has 2 aromatic carbocycles. The maximum atomic E-state index is 12.9. The molecule has 0 spiro atoms. The minimum atomic E-state index is -3.59. The van der Waals surface area contributed by atoms with Gasteiger partial charge in [0.05, 0.1) is 17.8 Å². The van der Waals surface area contributed by atoms with Crippen molar-refractivity contribution >= 4 is 38.1 Å². The van der Waals surface area contributed by atoms with E-state index < -0.39 is 10.0 Å². The number of nitrogens with zero attached hydrogens (tertiary/aromatic N) is 3. The van der Waals surface area contributed by atoms with Gasteiger partial charge < -0.3 is 9.64 Å². The fourth-order valence-electron chi connectivity index (χ4n) is 3.39. The highest BCUT2D eigenvalue weighted by molar-refractivity contribution is 7.89. The minimum absolute atomic E-state index is 0.163. The van der Waals surface area contributed by atoms with E-state index in [1.807, 2.05) is 24.3 Å². The molecule has 0 radical (unpaired) electrons. The fourth-order valence-corrected chi connectivity index (χ4v) is 6.18. The van der Waals surface area contributed by atoms with Crippen molar-refractivity contribution in [2.75, 3.05) is 38.2 Å². The maximum absolute atomic E-state index is 12.9. The van der Waals surface area contributed by atoms with Crippen molar-refractivity contribution in [3.63, 3.8) is 0 Å². The molecule has 0 N–H and O–H groups in total. The summed E-state index contributed by atoms with van der Waals surface area (Å²) in [4.78, 5) is 7.06. The van der Waals surface area contributed by atoms with Gasteiger partial charge in [-0.25, -0.2) is 13.4 Å². The van der Waals surface area contributed by atoms with Crippen LogP contribution in [0.15, 0.2) is 58.8 Å². The summed E-state index contributed by atoms with van der Waals surface area (Å²) in [5.74, 6) is 0.835. The van der Waals surface area contributed by atoms with Gasteiger partial charge in [0.25, 0.3) is 0 Å². The maximum Gasteiger partial charge on any atom is 0.244 e. The van der Waals surface area contributed by atoms with Gasteiger partial charge in [-0.05, 0) is 29.8 Å². The molecule has 0 atom stereocenters. The van der Waals surface area contributed by atoms with E-state index in [0.717, 1.165) is 23.0 Å². The molecule has 1 fully saturated rings. The molecule has 0 aliphatic carbocycles. The summed E-state index contributed by atoms with van der Waals surface area (Å²) in [6.07, 6.45) is 0.751. The first kappa shape index (κ1) is 21.1. The lowest BCUT2D eigenvalue weighted by Crippen LogP contribution is -2.48. The fraction of sp³-hybridized carbons (Fsp3) is 0.286. The molecular formula is C21H22ClN3O3S2. The number of hydrogen-bond donors (Lipinski definition) is 0. The van der Waals surface area contributed by atoms with E-state index in [1.54, 1.807) is 42.7 Å². The smallest absolute Gasteiger partial charge is 0.244 e. The number of rotatable bonds is 6. The van der Waals surface area contributed by atoms with E-state index in [1.165, 1.54) is 9.87 Å². The van der Waals surface area contributed by atoms with Crippen LogP contribution in [0, 0.1) is 0 Å². The number of sulfonamides is 1. The van der Waals surface area contributed by atoms with E-state index in [-0.39, 0.29) is 9.92 Å². The normalized spacial score (nSPS) is 15.3. The number of piperazine rings is 1. The summed E-state index contributed by atoms with van der Waals surface area (Å²) in [5, 5.41) is 3.24. The molecule has 3 aromatic rings. The zero-order valence-electron chi connectivity index (χ0n) is 16.5. The van der Waals surface area contributed by atoms with Crippen molar-refractivity contribution in [2.24, 2.45) is 0 Å². The first-order chi connectivity index (χ1) is 14.5. The summed E-state index contributed by atoms with van der Waals surface area (Å²) >= 11 is 7.70. The zero-order chi connectivity index (χ0) is 21.1. The summed E-state index contributed by atoms with van der Waals surface area (Å²) < 4.78 is 32.5. The van der Waals surface area contributed by atoms with Crippen molar-refractivity contribution in [1.29, 1.82) is 0 Å². The highest BCUT2D eigenvalue weighted by Crippen LogP contribution is 2.28. The zero-order valence-corrected chi connectivity index (χ0v) is 18.9. The number of methoxy groups -OCH3 is 1. The first-order valence-electron chi connectivity index (χ1n) is 9.54. The Morgan fingerprint density at radius 1 is 1.07 bits per heavy atom. The number of benzene rings is 2. The molecule has 4 rings (SSSR count). The van der Waals surface area contributed by atoms with Crippen LogP contribution in [0.5, 0.6) is 5.75 Å². The molecule has 0 bridgehead atoms. The third kappa shape index (κ3) is 4.46. The predicted molar refractivity (Wildman–Crippen MR) is 120 cm³/mol. The molecule has 158 valence electrons. The number of halogens is 1. The topological polar surface area (TPSA) is 62.7 Å². The van der Waals surface area contributed by atoms with Crippen LogP contribution in [0.3, 0.4) is 0 Å². The second kappa shape index (κ2) is 8.93. The van der Waals surface area contributed by atoms with Gasteiger partial charge in [0.15, 0.2) is 5.13 Å². The van der Waals surface area contributed by atoms with E-state index >= 15 is 0 Å². The van der Waals surface area contributed by atoms with Crippen LogP contribution in [0.2, 0.25) is 5.02 Å². The van der Waals surface area contributed by atoms with Crippen molar-refractivity contribution in [2.45, 2.75) is 11.3 Å². The number of aromatic nitrogens is 1. The third-order valence-electron chi connectivity index (χ3n) is 5.05. The summed E-state index contributed by atoms with van der Waals surface area (Å²) in [5.41, 5.74) is 2.18. The Kier molecular flexibility index (Phi) is 6.29. The highest BCUT2D eigenvalue weighted by atomic mass is 35.5. The Morgan fingerprint density at radius 3 is 2.43 bits per heavy atom. The lowest BCUT2D eigenvalue weighted by atomic mass is 10.1. The molecule has 0 amide bonds. The van der Waals surface area contributed by atoms with Crippen molar-refractivity contribution < 1.29 is 13.2 Å². The van der Waals surface area contributed by atoms with Crippen LogP contribution in [0.1, 0.15) is 11.3 Å². The molecule has 0 saturated carbocycles.